The van der Waals surface area contributed by atoms with E-state index in [1.54, 1.807) is 53.8 Å². The molecule has 0 aliphatic heterocycles. The molecule has 0 bridgehead atoms. The van der Waals surface area contributed by atoms with Crippen molar-refractivity contribution in [2.75, 3.05) is 35.5 Å². The van der Waals surface area contributed by atoms with Gasteiger partial charge in [0.2, 0.25) is 0 Å². The molecule has 3 aromatic carbocycles. The van der Waals surface area contributed by atoms with Crippen molar-refractivity contribution in [3.8, 4) is 28.7 Å². The highest BCUT2D eigenvalue weighted by Gasteiger charge is 2.20. The molecule has 7 heteroatoms. The number of ether oxygens (including phenoxy) is 5. The molecule has 0 fully saturated rings. The minimum absolute atomic E-state index is 0.192. The Morgan fingerprint density at radius 3 is 1.97 bits per heavy atom. The maximum Gasteiger partial charge on any atom is 0.190 e. The van der Waals surface area contributed by atoms with Crippen LogP contribution >= 0.6 is 11.8 Å². The fourth-order valence-electron chi connectivity index (χ4n) is 3.34. The zero-order valence-electron chi connectivity index (χ0n) is 19.9. The number of rotatable bonds is 11. The summed E-state index contributed by atoms with van der Waals surface area (Å²) in [7, 11) is 7.93. The third-order valence-corrected chi connectivity index (χ3v) is 6.32. The van der Waals surface area contributed by atoms with Crippen molar-refractivity contribution in [2.45, 2.75) is 10.6 Å². The molecule has 0 aliphatic rings. The number of methoxy groups -OCH3 is 5. The summed E-state index contributed by atoms with van der Waals surface area (Å²) in [6, 6.07) is 16.8. The molecule has 3 rings (SSSR count). The second-order valence-corrected chi connectivity index (χ2v) is 8.11. The van der Waals surface area contributed by atoms with E-state index in [9.17, 15) is 4.79 Å². The smallest absolute Gasteiger partial charge is 0.190 e. The van der Waals surface area contributed by atoms with Gasteiger partial charge in [0.05, 0.1) is 46.0 Å². The van der Waals surface area contributed by atoms with Crippen LogP contribution in [-0.2, 0) is 5.75 Å². The van der Waals surface area contributed by atoms with Crippen LogP contribution in [0, 0.1) is 0 Å². The highest BCUT2D eigenvalue weighted by molar-refractivity contribution is 7.98. The molecule has 0 saturated heterocycles. The maximum absolute atomic E-state index is 13.4. The minimum Gasteiger partial charge on any atom is -0.497 e. The second kappa shape index (κ2) is 12.0. The van der Waals surface area contributed by atoms with Gasteiger partial charge < -0.3 is 23.7 Å². The number of allylic oxidation sites excluding steroid dienone is 1. The third-order valence-electron chi connectivity index (χ3n) is 5.15. The first-order valence-electron chi connectivity index (χ1n) is 10.5. The Balaban J connectivity index is 1.92. The first-order chi connectivity index (χ1) is 16.5. The summed E-state index contributed by atoms with van der Waals surface area (Å²) in [5, 5.41) is 0. The number of thioether (sulfide) groups is 1. The maximum atomic E-state index is 13.4. The van der Waals surface area contributed by atoms with Crippen molar-refractivity contribution < 1.29 is 28.5 Å². The van der Waals surface area contributed by atoms with Crippen LogP contribution in [-0.4, -0.2) is 41.3 Å². The molecular formula is C27H28O6S. The largest absolute Gasteiger partial charge is 0.497 e. The third kappa shape index (κ3) is 5.85. The first kappa shape index (κ1) is 25.1. The van der Waals surface area contributed by atoms with Gasteiger partial charge in [-0.15, -0.1) is 11.8 Å². The van der Waals surface area contributed by atoms with E-state index in [1.165, 1.54) is 17.8 Å². The van der Waals surface area contributed by atoms with Crippen LogP contribution in [0.4, 0.5) is 0 Å². The zero-order chi connectivity index (χ0) is 24.5. The molecule has 178 valence electrons. The average molecular weight is 481 g/mol. The van der Waals surface area contributed by atoms with Crippen molar-refractivity contribution in [2.24, 2.45) is 0 Å². The molecule has 0 atom stereocenters. The van der Waals surface area contributed by atoms with Crippen LogP contribution < -0.4 is 23.7 Å². The Kier molecular flexibility index (Phi) is 8.87. The van der Waals surface area contributed by atoms with Crippen molar-refractivity contribution in [1.82, 2.24) is 0 Å². The van der Waals surface area contributed by atoms with Crippen molar-refractivity contribution >= 4 is 23.6 Å². The SMILES string of the molecule is COc1ccc(CSc2c(OC)ccc(OC)c2C(=O)/C=C/c2ccc(OC)c(OC)c2)cc1. The van der Waals surface area contributed by atoms with Gasteiger partial charge in [0.1, 0.15) is 17.2 Å². The highest BCUT2D eigenvalue weighted by Crippen LogP contribution is 2.40. The van der Waals surface area contributed by atoms with Gasteiger partial charge in [-0.25, -0.2) is 0 Å². The van der Waals surface area contributed by atoms with Crippen molar-refractivity contribution in [1.29, 1.82) is 0 Å². The molecule has 0 spiro atoms. The summed E-state index contributed by atoms with van der Waals surface area (Å²) >= 11 is 1.52. The van der Waals surface area contributed by atoms with Crippen LogP contribution in [0.15, 0.2) is 65.6 Å². The molecule has 0 aromatic heterocycles. The quantitative estimate of drug-likeness (QED) is 0.192. The average Bonchev–Trinajstić information content (AvgIpc) is 2.89. The zero-order valence-corrected chi connectivity index (χ0v) is 20.7. The fourth-order valence-corrected chi connectivity index (χ4v) is 4.48. The van der Waals surface area contributed by atoms with E-state index in [0.29, 0.717) is 34.3 Å². The lowest BCUT2D eigenvalue weighted by Gasteiger charge is -2.15. The van der Waals surface area contributed by atoms with E-state index in [0.717, 1.165) is 21.8 Å². The summed E-state index contributed by atoms with van der Waals surface area (Å²) in [6.45, 7) is 0. The Morgan fingerprint density at radius 2 is 1.35 bits per heavy atom. The fraction of sp³-hybridized carbons (Fsp3) is 0.222. The van der Waals surface area contributed by atoms with Crippen LogP contribution in [0.5, 0.6) is 28.7 Å². The van der Waals surface area contributed by atoms with Gasteiger partial charge >= 0.3 is 0 Å². The Morgan fingerprint density at radius 1 is 0.735 bits per heavy atom. The van der Waals surface area contributed by atoms with Crippen LogP contribution in [0.25, 0.3) is 6.08 Å². The molecule has 0 N–H and O–H groups in total. The molecule has 0 radical (unpaired) electrons. The molecule has 6 nitrogen and oxygen atoms in total. The number of hydrogen-bond acceptors (Lipinski definition) is 7. The molecule has 34 heavy (non-hydrogen) atoms. The molecule has 0 aliphatic carbocycles. The van der Waals surface area contributed by atoms with Gasteiger partial charge in [0.15, 0.2) is 17.3 Å². The van der Waals surface area contributed by atoms with Gasteiger partial charge in [-0.2, -0.15) is 0 Å². The van der Waals surface area contributed by atoms with Crippen molar-refractivity contribution in [3.05, 3.63) is 77.4 Å². The summed E-state index contributed by atoms with van der Waals surface area (Å²) in [5.41, 5.74) is 2.35. The first-order valence-corrected chi connectivity index (χ1v) is 11.5. The number of carbonyl (C=O) groups is 1. The lowest BCUT2D eigenvalue weighted by molar-refractivity contribution is 0.104. The van der Waals surface area contributed by atoms with Gasteiger partial charge in [0, 0.05) is 5.75 Å². The summed E-state index contributed by atoms with van der Waals surface area (Å²) < 4.78 is 27.0. The van der Waals surface area contributed by atoms with Gasteiger partial charge in [-0.05, 0) is 53.6 Å². The van der Waals surface area contributed by atoms with E-state index in [2.05, 4.69) is 0 Å². The lowest BCUT2D eigenvalue weighted by Crippen LogP contribution is -2.04. The minimum atomic E-state index is -0.192. The summed E-state index contributed by atoms with van der Waals surface area (Å²) in [5.74, 6) is 3.56. The van der Waals surface area contributed by atoms with Gasteiger partial charge in [-0.3, -0.25) is 4.79 Å². The number of carbonyl (C=O) groups excluding carboxylic acids is 1. The predicted octanol–water partition coefficient (Wildman–Crippen LogP) is 5.92. The lowest BCUT2D eigenvalue weighted by atomic mass is 10.1. The topological polar surface area (TPSA) is 63.2 Å². The molecule has 0 saturated carbocycles. The van der Waals surface area contributed by atoms with Crippen LogP contribution in [0.3, 0.4) is 0 Å². The van der Waals surface area contributed by atoms with E-state index >= 15 is 0 Å². The number of hydrogen-bond donors (Lipinski definition) is 0. The molecule has 0 amide bonds. The molecular weight excluding hydrogens is 452 g/mol. The summed E-state index contributed by atoms with van der Waals surface area (Å²) in [4.78, 5) is 14.1. The molecule has 0 heterocycles. The van der Waals surface area contributed by atoms with E-state index < -0.39 is 0 Å². The van der Waals surface area contributed by atoms with E-state index in [1.807, 2.05) is 42.5 Å². The highest BCUT2D eigenvalue weighted by atomic mass is 32.2. The summed E-state index contributed by atoms with van der Waals surface area (Å²) in [6.07, 6.45) is 3.26. The Hall–Kier alpha value is -3.58. The van der Waals surface area contributed by atoms with Gasteiger partial charge in [-0.1, -0.05) is 24.3 Å². The number of ketones is 1. The normalized spacial score (nSPS) is 10.7. The Labute approximate surface area is 204 Å². The molecule has 3 aromatic rings. The number of benzene rings is 3. The Bertz CT molecular complexity index is 1150. The molecule has 0 unspecified atom stereocenters. The predicted molar refractivity (Wildman–Crippen MR) is 135 cm³/mol. The van der Waals surface area contributed by atoms with Crippen LogP contribution in [0.1, 0.15) is 21.5 Å². The van der Waals surface area contributed by atoms with E-state index in [4.69, 9.17) is 23.7 Å². The monoisotopic (exact) mass is 480 g/mol. The second-order valence-electron chi connectivity index (χ2n) is 7.12. The van der Waals surface area contributed by atoms with Crippen LogP contribution in [0.2, 0.25) is 0 Å². The van der Waals surface area contributed by atoms with Gasteiger partial charge in [0.25, 0.3) is 0 Å². The van der Waals surface area contributed by atoms with E-state index in [-0.39, 0.29) is 5.78 Å². The van der Waals surface area contributed by atoms with Crippen molar-refractivity contribution in [3.63, 3.8) is 0 Å². The standard InChI is InChI=1S/C27H28O6S/c1-29-20-10-6-19(7-11-20)17-34-27-24(32-4)15-14-23(31-3)26(27)21(28)12-8-18-9-13-22(30-2)25(16-18)33-5/h6-16H,17H2,1-5H3/b12-8+.